The van der Waals surface area contributed by atoms with Crippen molar-refractivity contribution in [3.05, 3.63) is 52.7 Å². The molecule has 1 heterocycles. The molecular weight excluding hydrogens is 224 g/mol. The van der Waals surface area contributed by atoms with E-state index in [1.54, 1.807) is 0 Å². The standard InChI is InChI=1S/C15H14N2O/c1-10-5-4-6-13(7-10)18-15-14(9-16)11(2)8-12(3)17-15/h4-8H,1-3H3. The Balaban J connectivity index is 2.43. The number of benzene rings is 1. The molecule has 90 valence electrons. The van der Waals surface area contributed by atoms with E-state index in [1.807, 2.05) is 51.1 Å². The van der Waals surface area contributed by atoms with Gasteiger partial charge >= 0.3 is 0 Å². The first-order chi connectivity index (χ1) is 8.60. The molecule has 2 rings (SSSR count). The maximum absolute atomic E-state index is 9.15. The molecule has 2 aromatic rings. The first kappa shape index (κ1) is 12.1. The van der Waals surface area contributed by atoms with Crippen LogP contribution in [0.2, 0.25) is 0 Å². The minimum atomic E-state index is 0.376. The number of nitrogens with zero attached hydrogens (tertiary/aromatic N) is 2. The van der Waals surface area contributed by atoms with E-state index >= 15 is 0 Å². The van der Waals surface area contributed by atoms with Crippen molar-refractivity contribution >= 4 is 0 Å². The molecule has 1 aromatic heterocycles. The van der Waals surface area contributed by atoms with Crippen molar-refractivity contribution in [2.75, 3.05) is 0 Å². The van der Waals surface area contributed by atoms with Crippen LogP contribution >= 0.6 is 0 Å². The molecule has 0 amide bonds. The number of nitriles is 1. The van der Waals surface area contributed by atoms with Gasteiger partial charge in [-0.1, -0.05) is 12.1 Å². The Labute approximate surface area is 107 Å². The second kappa shape index (κ2) is 4.89. The number of ether oxygens (including phenoxy) is 1. The highest BCUT2D eigenvalue weighted by Crippen LogP contribution is 2.26. The molecule has 3 heteroatoms. The van der Waals surface area contributed by atoms with E-state index in [9.17, 15) is 0 Å². The number of aryl methyl sites for hydroxylation is 3. The van der Waals surface area contributed by atoms with Crippen molar-refractivity contribution in [1.82, 2.24) is 4.98 Å². The molecule has 0 saturated carbocycles. The molecule has 0 atom stereocenters. The van der Waals surface area contributed by atoms with Crippen molar-refractivity contribution in [1.29, 1.82) is 5.26 Å². The molecule has 0 saturated heterocycles. The Kier molecular flexibility index (Phi) is 3.29. The zero-order valence-corrected chi connectivity index (χ0v) is 10.7. The van der Waals surface area contributed by atoms with Crippen LogP contribution in [0.15, 0.2) is 30.3 Å². The quantitative estimate of drug-likeness (QED) is 0.801. The van der Waals surface area contributed by atoms with Gasteiger partial charge in [0, 0.05) is 5.69 Å². The lowest BCUT2D eigenvalue weighted by atomic mass is 10.1. The van der Waals surface area contributed by atoms with Crippen molar-refractivity contribution < 1.29 is 4.74 Å². The van der Waals surface area contributed by atoms with Crippen LogP contribution < -0.4 is 4.74 Å². The summed E-state index contributed by atoms with van der Waals surface area (Å²) < 4.78 is 5.71. The van der Waals surface area contributed by atoms with E-state index in [0.29, 0.717) is 17.2 Å². The number of pyridine rings is 1. The normalized spacial score (nSPS) is 9.89. The summed E-state index contributed by atoms with van der Waals surface area (Å²) in [7, 11) is 0. The molecule has 0 N–H and O–H groups in total. The molecule has 3 nitrogen and oxygen atoms in total. The highest BCUT2D eigenvalue weighted by atomic mass is 16.5. The lowest BCUT2D eigenvalue weighted by Crippen LogP contribution is -1.97. The predicted molar refractivity (Wildman–Crippen MR) is 69.7 cm³/mol. The van der Waals surface area contributed by atoms with E-state index in [0.717, 1.165) is 16.8 Å². The van der Waals surface area contributed by atoms with Crippen molar-refractivity contribution in [2.45, 2.75) is 20.8 Å². The molecule has 1 aromatic carbocycles. The number of hydrogen-bond donors (Lipinski definition) is 0. The van der Waals surface area contributed by atoms with Gasteiger partial charge in [-0.05, 0) is 50.1 Å². The minimum Gasteiger partial charge on any atom is -0.438 e. The smallest absolute Gasteiger partial charge is 0.237 e. The predicted octanol–water partition coefficient (Wildman–Crippen LogP) is 3.67. The third-order valence-electron chi connectivity index (χ3n) is 2.63. The van der Waals surface area contributed by atoms with Crippen molar-refractivity contribution in [3.63, 3.8) is 0 Å². The lowest BCUT2D eigenvalue weighted by molar-refractivity contribution is 0.459. The van der Waals surface area contributed by atoms with Gasteiger partial charge in [-0.25, -0.2) is 4.98 Å². The molecular formula is C15H14N2O. The van der Waals surface area contributed by atoms with Gasteiger partial charge in [-0.15, -0.1) is 0 Å². The largest absolute Gasteiger partial charge is 0.438 e. The first-order valence-electron chi connectivity index (χ1n) is 5.73. The summed E-state index contributed by atoms with van der Waals surface area (Å²) in [4.78, 5) is 4.29. The summed E-state index contributed by atoms with van der Waals surface area (Å²) in [5, 5.41) is 9.15. The number of rotatable bonds is 2. The topological polar surface area (TPSA) is 45.9 Å². The maximum Gasteiger partial charge on any atom is 0.237 e. The first-order valence-corrected chi connectivity index (χ1v) is 5.73. The van der Waals surface area contributed by atoms with Gasteiger partial charge < -0.3 is 4.74 Å². The summed E-state index contributed by atoms with van der Waals surface area (Å²) in [6, 6.07) is 11.7. The molecule has 0 unspecified atom stereocenters. The molecule has 0 aliphatic carbocycles. The van der Waals surface area contributed by atoms with Gasteiger partial charge in [0.15, 0.2) is 0 Å². The second-order valence-corrected chi connectivity index (χ2v) is 4.29. The van der Waals surface area contributed by atoms with Crippen LogP contribution in [0.4, 0.5) is 0 Å². The maximum atomic E-state index is 9.15. The van der Waals surface area contributed by atoms with E-state index in [-0.39, 0.29) is 0 Å². The molecule has 0 aliphatic rings. The SMILES string of the molecule is Cc1cccc(Oc2nc(C)cc(C)c2C#N)c1. The highest BCUT2D eigenvalue weighted by Gasteiger charge is 2.10. The molecule has 0 spiro atoms. The second-order valence-electron chi connectivity index (χ2n) is 4.29. The number of hydrogen-bond acceptors (Lipinski definition) is 3. The summed E-state index contributed by atoms with van der Waals surface area (Å²) in [5.41, 5.74) is 3.32. The fraction of sp³-hybridized carbons (Fsp3) is 0.200. The van der Waals surface area contributed by atoms with E-state index in [1.165, 1.54) is 0 Å². The van der Waals surface area contributed by atoms with Crippen LogP contribution in [-0.4, -0.2) is 4.98 Å². The van der Waals surface area contributed by atoms with Crippen LogP contribution in [0.3, 0.4) is 0 Å². The van der Waals surface area contributed by atoms with Gasteiger partial charge in [0.25, 0.3) is 0 Å². The Morgan fingerprint density at radius 3 is 2.61 bits per heavy atom. The van der Waals surface area contributed by atoms with E-state index in [4.69, 9.17) is 10.00 Å². The van der Waals surface area contributed by atoms with Gasteiger partial charge in [0.05, 0.1) is 0 Å². The molecule has 0 fully saturated rings. The Hall–Kier alpha value is -2.34. The van der Waals surface area contributed by atoms with Gasteiger partial charge in [0.2, 0.25) is 5.88 Å². The third-order valence-corrected chi connectivity index (χ3v) is 2.63. The van der Waals surface area contributed by atoms with E-state index in [2.05, 4.69) is 11.1 Å². The fourth-order valence-corrected chi connectivity index (χ4v) is 1.80. The van der Waals surface area contributed by atoms with Gasteiger partial charge in [0.1, 0.15) is 17.4 Å². The minimum absolute atomic E-state index is 0.376. The average molecular weight is 238 g/mol. The van der Waals surface area contributed by atoms with E-state index < -0.39 is 0 Å². The zero-order valence-electron chi connectivity index (χ0n) is 10.7. The lowest BCUT2D eigenvalue weighted by Gasteiger charge is -2.09. The molecule has 18 heavy (non-hydrogen) atoms. The highest BCUT2D eigenvalue weighted by molar-refractivity contribution is 5.47. The summed E-state index contributed by atoms with van der Waals surface area (Å²) in [5.74, 6) is 1.07. The monoisotopic (exact) mass is 238 g/mol. The number of aromatic nitrogens is 1. The molecule has 0 bridgehead atoms. The van der Waals surface area contributed by atoms with Crippen LogP contribution in [-0.2, 0) is 0 Å². The van der Waals surface area contributed by atoms with Crippen LogP contribution in [0, 0.1) is 32.1 Å². The fourth-order valence-electron chi connectivity index (χ4n) is 1.80. The average Bonchev–Trinajstić information content (AvgIpc) is 2.28. The van der Waals surface area contributed by atoms with Gasteiger partial charge in [-0.3, -0.25) is 0 Å². The van der Waals surface area contributed by atoms with Crippen LogP contribution in [0.1, 0.15) is 22.4 Å². The molecule has 0 radical (unpaired) electrons. The Bertz CT molecular complexity index is 627. The Morgan fingerprint density at radius 2 is 1.94 bits per heavy atom. The van der Waals surface area contributed by atoms with Crippen molar-refractivity contribution in [3.8, 4) is 17.7 Å². The Morgan fingerprint density at radius 1 is 1.17 bits per heavy atom. The third kappa shape index (κ3) is 2.49. The summed E-state index contributed by atoms with van der Waals surface area (Å²) >= 11 is 0. The summed E-state index contributed by atoms with van der Waals surface area (Å²) in [6.07, 6.45) is 0. The van der Waals surface area contributed by atoms with Crippen molar-refractivity contribution in [2.24, 2.45) is 0 Å². The molecule has 0 aliphatic heterocycles. The summed E-state index contributed by atoms with van der Waals surface area (Å²) in [6.45, 7) is 5.76. The van der Waals surface area contributed by atoms with Crippen LogP contribution in [0.25, 0.3) is 0 Å². The van der Waals surface area contributed by atoms with Gasteiger partial charge in [-0.2, -0.15) is 5.26 Å². The zero-order chi connectivity index (χ0) is 13.1. The van der Waals surface area contributed by atoms with Crippen LogP contribution in [0.5, 0.6) is 11.6 Å².